The zero-order chi connectivity index (χ0) is 14.5. The average molecular weight is 296 g/mol. The molecular weight excluding hydrogens is 272 g/mol. The summed E-state index contributed by atoms with van der Waals surface area (Å²) in [4.78, 5) is 13.5. The number of benzene rings is 1. The monoisotopic (exact) mass is 295 g/mol. The van der Waals surface area contributed by atoms with E-state index in [1.165, 1.54) is 19.5 Å². The molecule has 0 radical (unpaired) electrons. The van der Waals surface area contributed by atoms with Crippen molar-refractivity contribution in [1.29, 1.82) is 0 Å². The molecule has 1 fully saturated rings. The number of carbonyl (C=O) groups is 1. The maximum atomic E-state index is 12.0. The zero-order valence-corrected chi connectivity index (χ0v) is 13.0. The fraction of sp³-hybridized carbons (Fsp3) is 0.562. The molecule has 1 aromatic rings. The van der Waals surface area contributed by atoms with Gasteiger partial charge in [-0.15, -0.1) is 0 Å². The standard InChI is InChI=1S/C16H23ClN2O/c1-12-9-13(2)11-19(10-12)8-7-16(20)18-15-6-4-3-5-14(15)17/h3-6,12-13H,7-11H2,1-2H3,(H,18,20)/p+1/t12-,13+. The summed E-state index contributed by atoms with van der Waals surface area (Å²) in [6.45, 7) is 7.89. The molecule has 2 rings (SSSR count). The first kappa shape index (κ1) is 15.3. The number of anilines is 1. The lowest BCUT2D eigenvalue weighted by Gasteiger charge is -2.31. The van der Waals surface area contributed by atoms with Crippen LogP contribution in [0.3, 0.4) is 0 Å². The summed E-state index contributed by atoms with van der Waals surface area (Å²) in [5.74, 6) is 1.58. The summed E-state index contributed by atoms with van der Waals surface area (Å²) in [5, 5.41) is 3.48. The van der Waals surface area contributed by atoms with Gasteiger partial charge in [-0.1, -0.05) is 37.6 Å². The molecule has 4 heteroatoms. The molecule has 1 aliphatic rings. The van der Waals surface area contributed by atoms with Crippen LogP contribution in [0.25, 0.3) is 0 Å². The van der Waals surface area contributed by atoms with E-state index in [0.29, 0.717) is 17.1 Å². The zero-order valence-electron chi connectivity index (χ0n) is 12.3. The average Bonchev–Trinajstić information content (AvgIpc) is 2.38. The number of carbonyl (C=O) groups excluding carboxylic acids is 1. The van der Waals surface area contributed by atoms with E-state index in [-0.39, 0.29) is 5.91 Å². The van der Waals surface area contributed by atoms with Crippen molar-refractivity contribution >= 4 is 23.2 Å². The van der Waals surface area contributed by atoms with E-state index in [0.717, 1.165) is 18.4 Å². The smallest absolute Gasteiger partial charge is 0.230 e. The van der Waals surface area contributed by atoms with Crippen molar-refractivity contribution in [2.75, 3.05) is 25.0 Å². The number of piperidine rings is 1. The summed E-state index contributed by atoms with van der Waals surface area (Å²) >= 11 is 6.04. The lowest BCUT2D eigenvalue weighted by Crippen LogP contribution is -3.14. The molecular formula is C16H24ClN2O+. The van der Waals surface area contributed by atoms with Gasteiger partial charge in [-0.25, -0.2) is 0 Å². The molecule has 2 N–H and O–H groups in total. The van der Waals surface area contributed by atoms with E-state index in [2.05, 4.69) is 19.2 Å². The highest BCUT2D eigenvalue weighted by molar-refractivity contribution is 6.33. The first-order valence-corrected chi connectivity index (χ1v) is 7.80. The molecule has 1 amide bonds. The van der Waals surface area contributed by atoms with E-state index in [1.54, 1.807) is 11.0 Å². The first-order valence-electron chi connectivity index (χ1n) is 7.42. The third kappa shape index (κ3) is 4.50. The van der Waals surface area contributed by atoms with Crippen molar-refractivity contribution in [1.82, 2.24) is 0 Å². The van der Waals surface area contributed by atoms with Gasteiger partial charge in [0.1, 0.15) is 0 Å². The third-order valence-electron chi connectivity index (χ3n) is 3.93. The van der Waals surface area contributed by atoms with Crippen LogP contribution >= 0.6 is 11.6 Å². The Morgan fingerprint density at radius 2 is 1.95 bits per heavy atom. The molecule has 0 spiro atoms. The summed E-state index contributed by atoms with van der Waals surface area (Å²) in [7, 11) is 0. The maximum absolute atomic E-state index is 12.0. The molecule has 1 aliphatic heterocycles. The van der Waals surface area contributed by atoms with E-state index >= 15 is 0 Å². The van der Waals surface area contributed by atoms with Crippen LogP contribution in [0.5, 0.6) is 0 Å². The van der Waals surface area contributed by atoms with Gasteiger partial charge >= 0.3 is 0 Å². The predicted octanol–water partition coefficient (Wildman–Crippen LogP) is 2.23. The highest BCUT2D eigenvalue weighted by Gasteiger charge is 2.25. The van der Waals surface area contributed by atoms with E-state index in [9.17, 15) is 4.79 Å². The van der Waals surface area contributed by atoms with Crippen molar-refractivity contribution in [3.63, 3.8) is 0 Å². The molecule has 3 nitrogen and oxygen atoms in total. The molecule has 1 unspecified atom stereocenters. The second kappa shape index (κ2) is 7.09. The Labute approximate surface area is 126 Å². The Hall–Kier alpha value is -1.06. The minimum atomic E-state index is 0.0523. The third-order valence-corrected chi connectivity index (χ3v) is 4.26. The van der Waals surface area contributed by atoms with E-state index in [4.69, 9.17) is 11.6 Å². The highest BCUT2D eigenvalue weighted by Crippen LogP contribution is 2.20. The molecule has 1 saturated heterocycles. The predicted molar refractivity (Wildman–Crippen MR) is 83.2 cm³/mol. The van der Waals surface area contributed by atoms with Crippen molar-refractivity contribution in [3.8, 4) is 0 Å². The van der Waals surface area contributed by atoms with Gasteiger partial charge in [0.15, 0.2) is 0 Å². The van der Waals surface area contributed by atoms with Crippen LogP contribution in [0, 0.1) is 11.8 Å². The van der Waals surface area contributed by atoms with Crippen LogP contribution in [0.1, 0.15) is 26.7 Å². The van der Waals surface area contributed by atoms with Gasteiger partial charge in [0.05, 0.1) is 36.8 Å². The summed E-state index contributed by atoms with van der Waals surface area (Å²) in [6, 6.07) is 7.36. The fourth-order valence-corrected chi connectivity index (χ4v) is 3.38. The Kier molecular flexibility index (Phi) is 5.44. The van der Waals surface area contributed by atoms with E-state index in [1.807, 2.05) is 18.2 Å². The van der Waals surface area contributed by atoms with Crippen LogP contribution in [-0.2, 0) is 4.79 Å². The van der Waals surface area contributed by atoms with Crippen LogP contribution in [0.4, 0.5) is 5.69 Å². The van der Waals surface area contributed by atoms with Crippen LogP contribution in [0.15, 0.2) is 24.3 Å². The quantitative estimate of drug-likeness (QED) is 0.877. The number of amides is 1. The van der Waals surface area contributed by atoms with Gasteiger partial charge in [0.25, 0.3) is 0 Å². The van der Waals surface area contributed by atoms with Crippen molar-refractivity contribution in [2.24, 2.45) is 11.8 Å². The summed E-state index contributed by atoms with van der Waals surface area (Å²) in [6.07, 6.45) is 1.87. The molecule has 1 aromatic carbocycles. The molecule has 3 atom stereocenters. The van der Waals surface area contributed by atoms with Crippen LogP contribution in [0.2, 0.25) is 5.02 Å². The van der Waals surface area contributed by atoms with Gasteiger partial charge in [-0.05, 0) is 18.6 Å². The Balaban J connectivity index is 1.79. The molecule has 0 bridgehead atoms. The van der Waals surface area contributed by atoms with Gasteiger partial charge in [0.2, 0.25) is 5.91 Å². The molecule has 1 heterocycles. The van der Waals surface area contributed by atoms with Gasteiger partial charge in [-0.3, -0.25) is 4.79 Å². The number of rotatable bonds is 4. The molecule has 20 heavy (non-hydrogen) atoms. The number of likely N-dealkylation sites (tertiary alicyclic amines) is 1. The number of nitrogens with one attached hydrogen (secondary N) is 2. The van der Waals surface area contributed by atoms with Crippen molar-refractivity contribution in [3.05, 3.63) is 29.3 Å². The second-order valence-electron chi connectivity index (χ2n) is 6.13. The van der Waals surface area contributed by atoms with Gasteiger partial charge in [-0.2, -0.15) is 0 Å². The number of hydrogen-bond donors (Lipinski definition) is 2. The molecule has 110 valence electrons. The molecule has 0 aromatic heterocycles. The second-order valence-corrected chi connectivity index (χ2v) is 6.54. The highest BCUT2D eigenvalue weighted by atomic mass is 35.5. The summed E-state index contributed by atoms with van der Waals surface area (Å²) < 4.78 is 0. The number of para-hydroxylation sites is 1. The lowest BCUT2D eigenvalue weighted by molar-refractivity contribution is -0.911. The Morgan fingerprint density at radius 3 is 2.60 bits per heavy atom. The lowest BCUT2D eigenvalue weighted by atomic mass is 9.92. The number of quaternary nitrogens is 1. The Bertz CT molecular complexity index is 454. The van der Waals surface area contributed by atoms with Gasteiger partial charge < -0.3 is 10.2 Å². The minimum Gasteiger partial charge on any atom is -0.334 e. The SMILES string of the molecule is C[C@@H]1C[C@H](C)C[NH+](CCC(=O)Nc2ccccc2Cl)C1. The van der Waals surface area contributed by atoms with E-state index < -0.39 is 0 Å². The van der Waals surface area contributed by atoms with Crippen LogP contribution in [-0.4, -0.2) is 25.5 Å². The summed E-state index contributed by atoms with van der Waals surface area (Å²) in [5.41, 5.74) is 0.703. The molecule has 0 aliphatic carbocycles. The maximum Gasteiger partial charge on any atom is 0.230 e. The van der Waals surface area contributed by atoms with Crippen molar-refractivity contribution in [2.45, 2.75) is 26.7 Å². The molecule has 0 saturated carbocycles. The number of hydrogen-bond acceptors (Lipinski definition) is 1. The number of halogens is 1. The van der Waals surface area contributed by atoms with Crippen LogP contribution < -0.4 is 10.2 Å². The fourth-order valence-electron chi connectivity index (χ4n) is 3.19. The Morgan fingerprint density at radius 1 is 1.30 bits per heavy atom. The first-order chi connectivity index (χ1) is 9.54. The van der Waals surface area contributed by atoms with Crippen molar-refractivity contribution < 1.29 is 9.69 Å². The largest absolute Gasteiger partial charge is 0.334 e. The normalized spacial score (nSPS) is 26.2. The van der Waals surface area contributed by atoms with Gasteiger partial charge in [0, 0.05) is 11.8 Å². The topological polar surface area (TPSA) is 33.5 Å². The minimum absolute atomic E-state index is 0.0523.